The Morgan fingerprint density at radius 2 is 2.08 bits per heavy atom. The molecule has 0 radical (unpaired) electrons. The van der Waals surface area contributed by atoms with Gasteiger partial charge in [-0.05, 0) is 6.92 Å². The maximum atomic E-state index is 11.6. The van der Waals surface area contributed by atoms with Crippen molar-refractivity contribution in [2.24, 2.45) is 0 Å². The minimum absolute atomic E-state index is 0.201. The van der Waals surface area contributed by atoms with Crippen LogP contribution in [-0.2, 0) is 4.74 Å². The number of alkyl halides is 3. The van der Waals surface area contributed by atoms with Gasteiger partial charge >= 0.3 is 6.18 Å². The Kier molecular flexibility index (Phi) is 5.73. The van der Waals surface area contributed by atoms with Crippen molar-refractivity contribution in [3.63, 3.8) is 0 Å². The van der Waals surface area contributed by atoms with Gasteiger partial charge in [0.15, 0.2) is 0 Å². The fourth-order valence-corrected chi connectivity index (χ4v) is 0.621. The summed E-state index contributed by atoms with van der Waals surface area (Å²) >= 11 is 0. The van der Waals surface area contributed by atoms with Crippen LogP contribution in [0.15, 0.2) is 12.2 Å². The SMILES string of the molecule is C=C(C)COCCNCC(F)(F)F. The number of halogens is 3. The zero-order valence-corrected chi connectivity index (χ0v) is 7.58. The summed E-state index contributed by atoms with van der Waals surface area (Å²) in [7, 11) is 0. The van der Waals surface area contributed by atoms with Crippen molar-refractivity contribution in [3.8, 4) is 0 Å². The molecule has 0 aliphatic rings. The molecule has 0 fully saturated rings. The quantitative estimate of drug-likeness (QED) is 0.517. The molecule has 0 spiro atoms. The van der Waals surface area contributed by atoms with Gasteiger partial charge in [-0.25, -0.2) is 0 Å². The second-order valence-electron chi connectivity index (χ2n) is 2.80. The summed E-state index contributed by atoms with van der Waals surface area (Å²) in [6.45, 7) is 5.28. The van der Waals surface area contributed by atoms with Gasteiger partial charge in [-0.2, -0.15) is 13.2 Å². The van der Waals surface area contributed by atoms with E-state index in [1.165, 1.54) is 0 Å². The van der Waals surface area contributed by atoms with Gasteiger partial charge in [0.2, 0.25) is 0 Å². The van der Waals surface area contributed by atoms with E-state index in [1.54, 1.807) is 6.92 Å². The van der Waals surface area contributed by atoms with Crippen molar-refractivity contribution in [1.82, 2.24) is 5.32 Å². The molecule has 0 saturated carbocycles. The molecule has 0 unspecified atom stereocenters. The van der Waals surface area contributed by atoms with Crippen LogP contribution in [0.4, 0.5) is 13.2 Å². The Labute approximate surface area is 75.8 Å². The van der Waals surface area contributed by atoms with Gasteiger partial charge < -0.3 is 10.1 Å². The van der Waals surface area contributed by atoms with E-state index >= 15 is 0 Å². The van der Waals surface area contributed by atoms with E-state index in [4.69, 9.17) is 4.74 Å². The Balaban J connectivity index is 3.13. The van der Waals surface area contributed by atoms with Crippen LogP contribution in [-0.4, -0.2) is 32.5 Å². The third-order valence-electron chi connectivity index (χ3n) is 1.10. The average Bonchev–Trinajstić information content (AvgIpc) is 1.93. The lowest BCUT2D eigenvalue weighted by atomic mass is 10.4. The molecule has 0 aromatic carbocycles. The van der Waals surface area contributed by atoms with E-state index in [9.17, 15) is 13.2 Å². The van der Waals surface area contributed by atoms with E-state index in [1.807, 2.05) is 0 Å². The van der Waals surface area contributed by atoms with Crippen molar-refractivity contribution in [2.75, 3.05) is 26.3 Å². The summed E-state index contributed by atoms with van der Waals surface area (Å²) < 4.78 is 39.7. The second-order valence-corrected chi connectivity index (χ2v) is 2.80. The molecule has 0 heterocycles. The Hall–Kier alpha value is -0.550. The topological polar surface area (TPSA) is 21.3 Å². The minimum Gasteiger partial charge on any atom is -0.376 e. The third-order valence-corrected chi connectivity index (χ3v) is 1.10. The van der Waals surface area contributed by atoms with Crippen molar-refractivity contribution < 1.29 is 17.9 Å². The fraction of sp³-hybridized carbons (Fsp3) is 0.750. The lowest BCUT2D eigenvalue weighted by Crippen LogP contribution is -2.31. The molecule has 0 atom stereocenters. The lowest BCUT2D eigenvalue weighted by molar-refractivity contribution is -0.125. The Morgan fingerprint density at radius 1 is 1.46 bits per heavy atom. The predicted molar refractivity (Wildman–Crippen MR) is 44.6 cm³/mol. The van der Waals surface area contributed by atoms with Gasteiger partial charge in [0.25, 0.3) is 0 Å². The summed E-state index contributed by atoms with van der Waals surface area (Å²) in [5.74, 6) is 0. The fourth-order valence-electron chi connectivity index (χ4n) is 0.621. The summed E-state index contributed by atoms with van der Waals surface area (Å²) in [4.78, 5) is 0. The normalized spacial score (nSPS) is 11.7. The van der Waals surface area contributed by atoms with E-state index in [0.29, 0.717) is 6.61 Å². The first-order chi connectivity index (χ1) is 5.92. The summed E-state index contributed by atoms with van der Waals surface area (Å²) in [5.41, 5.74) is 0.857. The third kappa shape index (κ3) is 11.5. The van der Waals surface area contributed by atoms with Gasteiger partial charge in [-0.1, -0.05) is 12.2 Å². The first kappa shape index (κ1) is 12.4. The van der Waals surface area contributed by atoms with E-state index in [2.05, 4.69) is 11.9 Å². The molecular weight excluding hydrogens is 183 g/mol. The van der Waals surface area contributed by atoms with Crippen LogP contribution >= 0.6 is 0 Å². The van der Waals surface area contributed by atoms with Crippen LogP contribution < -0.4 is 5.32 Å². The maximum Gasteiger partial charge on any atom is 0.401 e. The highest BCUT2D eigenvalue weighted by Crippen LogP contribution is 2.11. The second kappa shape index (κ2) is 5.99. The van der Waals surface area contributed by atoms with E-state index in [-0.39, 0.29) is 13.2 Å². The summed E-state index contributed by atoms with van der Waals surface area (Å²) in [6, 6.07) is 0. The number of ether oxygens (including phenoxy) is 1. The molecule has 78 valence electrons. The highest BCUT2D eigenvalue weighted by molar-refractivity contribution is 4.87. The maximum absolute atomic E-state index is 11.6. The molecule has 0 amide bonds. The highest BCUT2D eigenvalue weighted by atomic mass is 19.4. The molecule has 0 aliphatic carbocycles. The minimum atomic E-state index is -4.14. The molecule has 0 aromatic rings. The molecule has 13 heavy (non-hydrogen) atoms. The Bertz CT molecular complexity index is 156. The van der Waals surface area contributed by atoms with Crippen LogP contribution in [0.25, 0.3) is 0 Å². The van der Waals surface area contributed by atoms with Crippen LogP contribution in [0, 0.1) is 0 Å². The molecule has 2 nitrogen and oxygen atoms in total. The molecule has 0 bridgehead atoms. The van der Waals surface area contributed by atoms with Gasteiger partial charge in [0, 0.05) is 6.54 Å². The standard InChI is InChI=1S/C8H14F3NO/c1-7(2)5-13-4-3-12-6-8(9,10)11/h12H,1,3-6H2,2H3. The van der Waals surface area contributed by atoms with Crippen LogP contribution in [0.5, 0.6) is 0 Å². The Morgan fingerprint density at radius 3 is 2.54 bits per heavy atom. The van der Waals surface area contributed by atoms with Crippen molar-refractivity contribution >= 4 is 0 Å². The first-order valence-corrected chi connectivity index (χ1v) is 3.91. The molecule has 0 saturated heterocycles. The van der Waals surface area contributed by atoms with E-state index in [0.717, 1.165) is 5.57 Å². The van der Waals surface area contributed by atoms with E-state index < -0.39 is 12.7 Å². The van der Waals surface area contributed by atoms with Crippen molar-refractivity contribution in [2.45, 2.75) is 13.1 Å². The summed E-state index contributed by atoms with van der Waals surface area (Å²) in [6.07, 6.45) is -4.14. The molecule has 1 N–H and O–H groups in total. The molecular formula is C8H14F3NO. The van der Waals surface area contributed by atoms with Gasteiger partial charge in [-0.15, -0.1) is 0 Å². The molecule has 0 rings (SSSR count). The first-order valence-electron chi connectivity index (χ1n) is 3.91. The van der Waals surface area contributed by atoms with Crippen LogP contribution in [0.2, 0.25) is 0 Å². The largest absolute Gasteiger partial charge is 0.401 e. The van der Waals surface area contributed by atoms with Gasteiger partial charge in [-0.3, -0.25) is 0 Å². The highest BCUT2D eigenvalue weighted by Gasteiger charge is 2.25. The average molecular weight is 197 g/mol. The molecule has 0 aromatic heterocycles. The van der Waals surface area contributed by atoms with Crippen molar-refractivity contribution in [1.29, 1.82) is 0 Å². The van der Waals surface area contributed by atoms with Gasteiger partial charge in [0.05, 0.1) is 19.8 Å². The monoisotopic (exact) mass is 197 g/mol. The molecule has 5 heteroatoms. The summed E-state index contributed by atoms with van der Waals surface area (Å²) in [5, 5.41) is 2.22. The lowest BCUT2D eigenvalue weighted by Gasteiger charge is -2.08. The number of nitrogens with one attached hydrogen (secondary N) is 1. The number of hydrogen-bond acceptors (Lipinski definition) is 2. The number of hydrogen-bond donors (Lipinski definition) is 1. The zero-order chi connectivity index (χ0) is 10.3. The van der Waals surface area contributed by atoms with Crippen LogP contribution in [0.1, 0.15) is 6.92 Å². The van der Waals surface area contributed by atoms with Crippen molar-refractivity contribution in [3.05, 3.63) is 12.2 Å². The van der Waals surface area contributed by atoms with Gasteiger partial charge in [0.1, 0.15) is 0 Å². The van der Waals surface area contributed by atoms with Crippen LogP contribution in [0.3, 0.4) is 0 Å². The smallest absolute Gasteiger partial charge is 0.376 e. The predicted octanol–water partition coefficient (Wildman–Crippen LogP) is 1.73. The number of rotatable bonds is 6. The molecule has 0 aliphatic heterocycles. The zero-order valence-electron chi connectivity index (χ0n) is 7.58.